The summed E-state index contributed by atoms with van der Waals surface area (Å²) in [5.41, 5.74) is 0. The fourth-order valence-electron chi connectivity index (χ4n) is 2.04. The summed E-state index contributed by atoms with van der Waals surface area (Å²) in [6.07, 6.45) is 15.9. The molecule has 0 amide bonds. The van der Waals surface area contributed by atoms with E-state index in [9.17, 15) is 4.21 Å². The molecule has 0 bridgehead atoms. The van der Waals surface area contributed by atoms with Crippen molar-refractivity contribution in [2.24, 2.45) is 0 Å². The molecule has 0 aliphatic carbocycles. The predicted molar refractivity (Wildman–Crippen MR) is 78.1 cm³/mol. The van der Waals surface area contributed by atoms with Crippen LogP contribution < -0.4 is 0 Å². The summed E-state index contributed by atoms with van der Waals surface area (Å²) < 4.78 is 18.4. The number of hydrogen-bond acceptors (Lipinski definition) is 2. The summed E-state index contributed by atoms with van der Waals surface area (Å²) in [6.45, 7) is 2.26. The highest BCUT2D eigenvalue weighted by atomic mass is 32.2. The second kappa shape index (κ2) is 11.1. The van der Waals surface area contributed by atoms with Gasteiger partial charge in [-0.25, -0.2) is 0 Å². The second-order valence-electron chi connectivity index (χ2n) is 5.24. The molecule has 1 N–H and O–H groups in total. The summed E-state index contributed by atoms with van der Waals surface area (Å²) >= 11 is 0. The van der Waals surface area contributed by atoms with E-state index in [1.807, 2.05) is 0 Å². The second-order valence-corrected chi connectivity index (χ2v) is 7.66. The van der Waals surface area contributed by atoms with Crippen LogP contribution in [0.1, 0.15) is 77.6 Å². The lowest BCUT2D eigenvalue weighted by molar-refractivity contribution is 0.554. The summed E-state index contributed by atoms with van der Waals surface area (Å²) in [7, 11) is -2.23. The molecule has 0 aromatic carbocycles. The van der Waals surface area contributed by atoms with Gasteiger partial charge in [0.1, 0.15) is 0 Å². The Kier molecular flexibility index (Phi) is 11.0. The minimum absolute atomic E-state index is 0.587. The number of nitrogens with one attached hydrogen (secondary N) is 1. The lowest BCUT2D eigenvalue weighted by atomic mass is 10.1. The normalized spacial score (nSPS) is 14.7. The highest BCUT2D eigenvalue weighted by molar-refractivity contribution is 7.91. The van der Waals surface area contributed by atoms with Crippen LogP contribution in [0, 0.1) is 4.78 Å². The lowest BCUT2D eigenvalue weighted by Crippen LogP contribution is -2.00. The van der Waals surface area contributed by atoms with Gasteiger partial charge in [0.15, 0.2) is 0 Å². The molecule has 0 aliphatic rings. The summed E-state index contributed by atoms with van der Waals surface area (Å²) in [5.74, 6) is 0.587. The maximum atomic E-state index is 11.1. The van der Waals surface area contributed by atoms with Crippen LogP contribution in [-0.4, -0.2) is 16.2 Å². The Balaban J connectivity index is 3.04. The van der Waals surface area contributed by atoms with Crippen molar-refractivity contribution in [2.45, 2.75) is 77.6 Å². The third-order valence-electron chi connectivity index (χ3n) is 3.14. The third-order valence-corrected chi connectivity index (χ3v) is 4.21. The van der Waals surface area contributed by atoms with Crippen LogP contribution in [0.25, 0.3) is 0 Å². The first-order chi connectivity index (χ1) is 8.06. The van der Waals surface area contributed by atoms with E-state index in [4.69, 9.17) is 4.78 Å². The van der Waals surface area contributed by atoms with Crippen molar-refractivity contribution in [1.82, 2.24) is 0 Å². The van der Waals surface area contributed by atoms with Gasteiger partial charge in [-0.1, -0.05) is 71.1 Å². The Labute approximate surface area is 109 Å². The average Bonchev–Trinajstić information content (AvgIpc) is 2.24. The first-order valence-electron chi connectivity index (χ1n) is 7.27. The van der Waals surface area contributed by atoms with Crippen LogP contribution in [0.4, 0.5) is 0 Å². The van der Waals surface area contributed by atoms with Crippen molar-refractivity contribution in [1.29, 1.82) is 4.78 Å². The Bertz CT molecular complexity index is 247. The molecule has 0 fully saturated rings. The summed E-state index contributed by atoms with van der Waals surface area (Å²) in [4.78, 5) is 0. The Hall–Kier alpha value is -0.0500. The van der Waals surface area contributed by atoms with Crippen LogP contribution in [0.3, 0.4) is 0 Å². The number of rotatable bonds is 12. The fraction of sp³-hybridized carbons (Fsp3) is 1.00. The molecule has 3 heteroatoms. The van der Waals surface area contributed by atoms with E-state index in [0.29, 0.717) is 5.75 Å². The van der Waals surface area contributed by atoms with Gasteiger partial charge in [0.05, 0.1) is 0 Å². The Morgan fingerprint density at radius 1 is 0.765 bits per heavy atom. The molecule has 0 radical (unpaired) electrons. The van der Waals surface area contributed by atoms with Crippen LogP contribution in [0.5, 0.6) is 0 Å². The highest BCUT2D eigenvalue weighted by Crippen LogP contribution is 2.11. The minimum atomic E-state index is -2.23. The van der Waals surface area contributed by atoms with E-state index in [0.717, 1.165) is 12.8 Å². The van der Waals surface area contributed by atoms with Gasteiger partial charge in [0.2, 0.25) is 0 Å². The Morgan fingerprint density at radius 2 is 1.12 bits per heavy atom. The van der Waals surface area contributed by atoms with Crippen molar-refractivity contribution in [3.8, 4) is 0 Å². The molecule has 0 saturated heterocycles. The molecule has 0 aromatic rings. The molecule has 104 valence electrons. The monoisotopic (exact) mass is 261 g/mol. The first-order valence-corrected chi connectivity index (χ1v) is 9.41. The highest BCUT2D eigenvalue weighted by Gasteiger charge is 1.97. The summed E-state index contributed by atoms with van der Waals surface area (Å²) in [5, 5.41) is 0. The van der Waals surface area contributed by atoms with Gasteiger partial charge < -0.3 is 0 Å². The first kappa shape index (κ1) is 16.9. The van der Waals surface area contributed by atoms with Crippen LogP contribution in [0.2, 0.25) is 0 Å². The smallest absolute Gasteiger partial charge is 0.0412 e. The number of unbranched alkanes of at least 4 members (excludes halogenated alkanes) is 10. The molecule has 1 atom stereocenters. The molecule has 0 aliphatic heterocycles. The molecule has 0 spiro atoms. The Morgan fingerprint density at radius 3 is 1.47 bits per heavy atom. The SMILES string of the molecule is CCCCCCCCCCCCC[S@](C)(=N)=O. The molecule has 17 heavy (non-hydrogen) atoms. The van der Waals surface area contributed by atoms with Gasteiger partial charge in [0.25, 0.3) is 0 Å². The largest absolute Gasteiger partial charge is 0.253 e. The zero-order chi connectivity index (χ0) is 13.0. The van der Waals surface area contributed by atoms with E-state index in [-0.39, 0.29) is 0 Å². The van der Waals surface area contributed by atoms with Crippen LogP contribution >= 0.6 is 0 Å². The molecule has 0 unspecified atom stereocenters. The molecular weight excluding hydrogens is 230 g/mol. The topological polar surface area (TPSA) is 40.9 Å². The van der Waals surface area contributed by atoms with E-state index < -0.39 is 9.73 Å². The van der Waals surface area contributed by atoms with Crippen molar-refractivity contribution in [3.05, 3.63) is 0 Å². The van der Waals surface area contributed by atoms with Gasteiger partial charge in [-0.3, -0.25) is 8.99 Å². The van der Waals surface area contributed by atoms with Gasteiger partial charge in [0, 0.05) is 21.7 Å². The quantitative estimate of drug-likeness (QED) is 0.495. The van der Waals surface area contributed by atoms with E-state index in [2.05, 4.69) is 6.92 Å². The third kappa shape index (κ3) is 15.9. The standard InChI is InChI=1S/C14H31NOS/c1-3-4-5-6-7-8-9-10-11-12-13-14-17(2,15)16/h15H,3-14H2,1-2H3/t17-/m1/s1. The van der Waals surface area contributed by atoms with E-state index in [1.54, 1.807) is 6.26 Å². The van der Waals surface area contributed by atoms with Crippen molar-refractivity contribution >= 4 is 9.73 Å². The minimum Gasteiger partial charge on any atom is -0.253 e. The van der Waals surface area contributed by atoms with Gasteiger partial charge in [-0.2, -0.15) is 0 Å². The van der Waals surface area contributed by atoms with E-state index in [1.165, 1.54) is 57.8 Å². The molecule has 2 nitrogen and oxygen atoms in total. The average molecular weight is 261 g/mol. The predicted octanol–water partition coefficient (Wildman–Crippen LogP) is 4.97. The number of hydrogen-bond donors (Lipinski definition) is 1. The van der Waals surface area contributed by atoms with Crippen LogP contribution in [-0.2, 0) is 9.73 Å². The zero-order valence-corrected chi connectivity index (χ0v) is 12.6. The van der Waals surface area contributed by atoms with Gasteiger partial charge >= 0.3 is 0 Å². The summed E-state index contributed by atoms with van der Waals surface area (Å²) in [6, 6.07) is 0. The fourth-order valence-corrected chi connectivity index (χ4v) is 2.80. The van der Waals surface area contributed by atoms with Crippen molar-refractivity contribution < 1.29 is 4.21 Å². The molecule has 0 heterocycles. The van der Waals surface area contributed by atoms with Crippen molar-refractivity contribution in [3.63, 3.8) is 0 Å². The zero-order valence-electron chi connectivity index (χ0n) is 11.8. The van der Waals surface area contributed by atoms with Crippen molar-refractivity contribution in [2.75, 3.05) is 12.0 Å². The van der Waals surface area contributed by atoms with Gasteiger partial charge in [-0.15, -0.1) is 0 Å². The maximum absolute atomic E-state index is 11.1. The van der Waals surface area contributed by atoms with Crippen LogP contribution in [0.15, 0.2) is 0 Å². The maximum Gasteiger partial charge on any atom is 0.0412 e. The molecular formula is C14H31NOS. The van der Waals surface area contributed by atoms with Gasteiger partial charge in [-0.05, 0) is 6.42 Å². The molecule has 0 saturated carbocycles. The lowest BCUT2D eigenvalue weighted by Gasteiger charge is -2.03. The molecule has 0 aromatic heterocycles. The van der Waals surface area contributed by atoms with E-state index >= 15 is 0 Å². The molecule has 0 rings (SSSR count).